The minimum atomic E-state index is 0.595. The lowest BCUT2D eigenvalue weighted by Crippen LogP contribution is -2.13. The molecule has 4 atom stereocenters. The summed E-state index contributed by atoms with van der Waals surface area (Å²) < 4.78 is 0. The molecule has 58 valence electrons. The molecule has 1 saturated heterocycles. The molecule has 0 amide bonds. The molecule has 0 bridgehead atoms. The topological polar surface area (TPSA) is 34.0 Å². The van der Waals surface area contributed by atoms with E-state index in [1.807, 2.05) is 7.05 Å². The second-order valence-electron chi connectivity index (χ2n) is 3.24. The third kappa shape index (κ3) is 1.31. The molecule has 2 aliphatic rings. The number of likely N-dealkylation sites (N-methyl/N-ethyl adjacent to an activating group) is 1. The van der Waals surface area contributed by atoms with Gasteiger partial charge in [-0.05, 0) is 19.4 Å². The number of rotatable bonds is 3. The first-order valence-electron chi connectivity index (χ1n) is 3.90. The van der Waals surface area contributed by atoms with Gasteiger partial charge < -0.3 is 5.32 Å². The second kappa shape index (κ2) is 2.40. The lowest BCUT2D eigenvalue weighted by Gasteiger charge is -1.93. The van der Waals surface area contributed by atoms with Crippen LogP contribution in [0.4, 0.5) is 0 Å². The van der Waals surface area contributed by atoms with E-state index in [1.54, 1.807) is 0 Å². The summed E-state index contributed by atoms with van der Waals surface area (Å²) in [6, 6.07) is 0. The second-order valence-corrected chi connectivity index (χ2v) is 4.63. The van der Waals surface area contributed by atoms with Gasteiger partial charge in [0.05, 0.1) is 11.5 Å². The first-order valence-corrected chi connectivity index (χ1v) is 4.84. The van der Waals surface area contributed by atoms with Crippen LogP contribution in [0.5, 0.6) is 0 Å². The van der Waals surface area contributed by atoms with E-state index in [2.05, 4.69) is 29.3 Å². The molecule has 0 radical (unpaired) electrons. The highest BCUT2D eigenvalue weighted by Crippen LogP contribution is 2.45. The van der Waals surface area contributed by atoms with Crippen molar-refractivity contribution in [1.82, 2.24) is 10.6 Å². The third-order valence-electron chi connectivity index (χ3n) is 2.21. The van der Waals surface area contributed by atoms with E-state index in [-0.39, 0.29) is 0 Å². The summed E-state index contributed by atoms with van der Waals surface area (Å²) >= 11 is 2.10. The summed E-state index contributed by atoms with van der Waals surface area (Å²) in [6.45, 7) is 2.33. The normalized spacial score (nSPS) is 51.0. The highest BCUT2D eigenvalue weighted by atomic mass is 32.2. The van der Waals surface area contributed by atoms with Crippen LogP contribution in [0.1, 0.15) is 13.3 Å². The van der Waals surface area contributed by atoms with E-state index in [9.17, 15) is 0 Å². The summed E-state index contributed by atoms with van der Waals surface area (Å²) in [4.78, 5) is 0. The highest BCUT2D eigenvalue weighted by molar-refractivity contribution is 8.01. The first kappa shape index (κ1) is 6.95. The fourth-order valence-electron chi connectivity index (χ4n) is 1.14. The maximum absolute atomic E-state index is 3.36. The van der Waals surface area contributed by atoms with Crippen LogP contribution in [0.2, 0.25) is 0 Å². The van der Waals surface area contributed by atoms with E-state index in [0.717, 1.165) is 11.2 Å². The molecule has 10 heavy (non-hydrogen) atoms. The van der Waals surface area contributed by atoms with Crippen molar-refractivity contribution < 1.29 is 0 Å². The maximum atomic E-state index is 3.36. The molecule has 2 rings (SSSR count). The molecule has 0 aromatic carbocycles. The summed E-state index contributed by atoms with van der Waals surface area (Å²) in [5.41, 5.74) is 0. The predicted molar refractivity (Wildman–Crippen MR) is 44.9 cm³/mol. The Morgan fingerprint density at radius 3 is 2.70 bits per heavy atom. The van der Waals surface area contributed by atoms with Crippen molar-refractivity contribution in [3.63, 3.8) is 0 Å². The molecule has 2 nitrogen and oxygen atoms in total. The molecule has 0 spiro atoms. The number of hydrogen-bond donors (Lipinski definition) is 2. The monoisotopic (exact) mass is 158 g/mol. The van der Waals surface area contributed by atoms with Crippen LogP contribution in [0.3, 0.4) is 0 Å². The van der Waals surface area contributed by atoms with Gasteiger partial charge in [0.1, 0.15) is 0 Å². The molecule has 1 saturated carbocycles. The Bertz CT molecular complexity index is 140. The zero-order chi connectivity index (χ0) is 7.14. The summed E-state index contributed by atoms with van der Waals surface area (Å²) in [7, 11) is 2.01. The van der Waals surface area contributed by atoms with Crippen molar-refractivity contribution in [3.8, 4) is 0 Å². The SMILES string of the molecule is CN[C@@H]1N[C@@H]1S[C@@H]1C[C@@H]1C. The summed E-state index contributed by atoms with van der Waals surface area (Å²) in [6.07, 6.45) is 2.03. The maximum Gasteiger partial charge on any atom is 0.0837 e. The van der Waals surface area contributed by atoms with Gasteiger partial charge in [0.15, 0.2) is 0 Å². The van der Waals surface area contributed by atoms with Gasteiger partial charge in [0.25, 0.3) is 0 Å². The average Bonchev–Trinajstić information content (AvgIpc) is 2.76. The van der Waals surface area contributed by atoms with Crippen LogP contribution in [0.15, 0.2) is 0 Å². The van der Waals surface area contributed by atoms with Gasteiger partial charge in [-0.15, -0.1) is 11.8 Å². The van der Waals surface area contributed by atoms with E-state index in [4.69, 9.17) is 0 Å². The molecule has 3 heteroatoms. The molecule has 1 heterocycles. The van der Waals surface area contributed by atoms with Gasteiger partial charge in [0.2, 0.25) is 0 Å². The lowest BCUT2D eigenvalue weighted by molar-refractivity contribution is 0.791. The van der Waals surface area contributed by atoms with Crippen molar-refractivity contribution >= 4 is 11.8 Å². The van der Waals surface area contributed by atoms with E-state index in [0.29, 0.717) is 11.5 Å². The van der Waals surface area contributed by atoms with Gasteiger partial charge in [-0.2, -0.15) is 0 Å². The van der Waals surface area contributed by atoms with Crippen molar-refractivity contribution in [3.05, 3.63) is 0 Å². The van der Waals surface area contributed by atoms with Crippen LogP contribution in [0.25, 0.3) is 0 Å². The minimum Gasteiger partial charge on any atom is -0.303 e. The molecule has 1 aliphatic heterocycles. The molecule has 2 fully saturated rings. The van der Waals surface area contributed by atoms with Crippen LogP contribution in [-0.4, -0.2) is 23.8 Å². The summed E-state index contributed by atoms with van der Waals surface area (Å²) in [5.74, 6) is 0.977. The largest absolute Gasteiger partial charge is 0.303 e. The van der Waals surface area contributed by atoms with Crippen molar-refractivity contribution in [2.75, 3.05) is 7.05 Å². The first-order chi connectivity index (χ1) is 4.81. The van der Waals surface area contributed by atoms with Crippen LogP contribution < -0.4 is 10.6 Å². The van der Waals surface area contributed by atoms with Gasteiger partial charge in [-0.25, -0.2) is 0 Å². The van der Waals surface area contributed by atoms with E-state index >= 15 is 0 Å². The summed E-state index contributed by atoms with van der Waals surface area (Å²) in [5, 5.41) is 8.23. The molecule has 2 N–H and O–H groups in total. The molecular weight excluding hydrogens is 144 g/mol. The minimum absolute atomic E-state index is 0.595. The molecule has 0 aromatic heterocycles. The zero-order valence-electron chi connectivity index (χ0n) is 6.42. The predicted octanol–water partition coefficient (Wildman–Crippen LogP) is 0.603. The fraction of sp³-hybridized carbons (Fsp3) is 1.00. The van der Waals surface area contributed by atoms with E-state index < -0.39 is 0 Å². The van der Waals surface area contributed by atoms with Crippen molar-refractivity contribution in [1.29, 1.82) is 0 Å². The Labute approximate surface area is 66.1 Å². The van der Waals surface area contributed by atoms with Gasteiger partial charge in [-0.3, -0.25) is 5.32 Å². The quantitative estimate of drug-likeness (QED) is 0.590. The van der Waals surface area contributed by atoms with Crippen molar-refractivity contribution in [2.24, 2.45) is 5.92 Å². The third-order valence-corrected chi connectivity index (χ3v) is 3.91. The van der Waals surface area contributed by atoms with Gasteiger partial charge in [-0.1, -0.05) is 6.92 Å². The Hall–Kier alpha value is 0.270. The molecular formula is C7H14N2S. The van der Waals surface area contributed by atoms with Crippen molar-refractivity contribution in [2.45, 2.75) is 30.1 Å². The zero-order valence-corrected chi connectivity index (χ0v) is 7.24. The number of thioether (sulfide) groups is 1. The van der Waals surface area contributed by atoms with Crippen LogP contribution >= 0.6 is 11.8 Å². The Morgan fingerprint density at radius 2 is 2.30 bits per heavy atom. The Morgan fingerprint density at radius 1 is 1.60 bits per heavy atom. The number of nitrogens with one attached hydrogen (secondary N) is 2. The standard InChI is InChI=1S/C7H14N2S/c1-4-3-5(4)10-7-6(8-2)9-7/h4-9H,3H2,1-2H3/t4-,5+,6+,7+/m0/s1. The molecule has 1 aliphatic carbocycles. The van der Waals surface area contributed by atoms with Crippen LogP contribution in [0, 0.1) is 5.92 Å². The molecule has 0 unspecified atom stereocenters. The smallest absolute Gasteiger partial charge is 0.0837 e. The number of hydrogen-bond acceptors (Lipinski definition) is 3. The van der Waals surface area contributed by atoms with Gasteiger partial charge in [0, 0.05) is 5.25 Å². The van der Waals surface area contributed by atoms with E-state index in [1.165, 1.54) is 6.42 Å². The average molecular weight is 158 g/mol. The molecule has 0 aromatic rings. The highest BCUT2D eigenvalue weighted by Gasteiger charge is 2.43. The lowest BCUT2D eigenvalue weighted by atomic mass is 10.5. The Kier molecular flexibility index (Phi) is 1.66. The Balaban J connectivity index is 1.65. The fourth-order valence-corrected chi connectivity index (χ4v) is 2.72. The van der Waals surface area contributed by atoms with Gasteiger partial charge >= 0.3 is 0 Å². The van der Waals surface area contributed by atoms with Crippen LogP contribution in [-0.2, 0) is 0 Å².